The van der Waals surface area contributed by atoms with Gasteiger partial charge in [-0.1, -0.05) is 0 Å². The first-order valence-corrected chi connectivity index (χ1v) is 8.34. The molecule has 1 saturated heterocycles. The number of ether oxygens (including phenoxy) is 1. The number of aryl methyl sites for hydroxylation is 1. The number of aromatic nitrogens is 4. The molecular weight excluding hydrogens is 320 g/mol. The summed E-state index contributed by atoms with van der Waals surface area (Å²) in [4.78, 5) is 23.4. The Morgan fingerprint density at radius 1 is 1.40 bits per heavy atom. The van der Waals surface area contributed by atoms with Crippen molar-refractivity contribution in [2.24, 2.45) is 0 Å². The molecule has 0 aliphatic carbocycles. The number of carbonyl (C=O) groups is 1. The molecule has 1 fully saturated rings. The molecule has 1 aliphatic rings. The van der Waals surface area contributed by atoms with Crippen molar-refractivity contribution in [3.05, 3.63) is 36.2 Å². The zero-order valence-corrected chi connectivity index (χ0v) is 15.1. The molecule has 0 unspecified atom stereocenters. The van der Waals surface area contributed by atoms with Crippen LogP contribution in [-0.2, 0) is 15.1 Å². The van der Waals surface area contributed by atoms with Crippen LogP contribution in [0.1, 0.15) is 31.3 Å². The molecule has 1 amide bonds. The van der Waals surface area contributed by atoms with E-state index >= 15 is 0 Å². The number of carbonyl (C=O) groups excluding carboxylic acids is 1. The van der Waals surface area contributed by atoms with Crippen molar-refractivity contribution < 1.29 is 9.53 Å². The molecule has 0 saturated carbocycles. The van der Waals surface area contributed by atoms with Crippen molar-refractivity contribution in [3.8, 4) is 0 Å². The van der Waals surface area contributed by atoms with Gasteiger partial charge in [0.05, 0.1) is 18.8 Å². The van der Waals surface area contributed by atoms with Gasteiger partial charge >= 0.3 is 0 Å². The lowest BCUT2D eigenvalue weighted by molar-refractivity contribution is -0.147. The van der Waals surface area contributed by atoms with Crippen LogP contribution in [0.5, 0.6) is 0 Å². The standard InChI is InChI=1S/C17H24N6O2/c1-12-7-13(18-4)8-14(21-12)15-9-22(5-6-25-15)16(24)17(2,3)23-11-19-10-20-23/h7-8,10-11,15H,5-6,9H2,1-4H3,(H,18,21)/t15-/m0/s1. The van der Waals surface area contributed by atoms with Gasteiger partial charge in [-0.2, -0.15) is 5.10 Å². The first-order valence-electron chi connectivity index (χ1n) is 8.34. The monoisotopic (exact) mass is 344 g/mol. The summed E-state index contributed by atoms with van der Waals surface area (Å²) in [5.41, 5.74) is 1.93. The van der Waals surface area contributed by atoms with E-state index in [1.54, 1.807) is 11.0 Å². The zero-order valence-electron chi connectivity index (χ0n) is 15.1. The number of nitrogens with zero attached hydrogens (tertiary/aromatic N) is 5. The number of morpholine rings is 1. The van der Waals surface area contributed by atoms with Crippen LogP contribution in [0.25, 0.3) is 0 Å². The van der Waals surface area contributed by atoms with Gasteiger partial charge in [-0.25, -0.2) is 9.67 Å². The number of nitrogens with one attached hydrogen (secondary N) is 1. The van der Waals surface area contributed by atoms with Gasteiger partial charge in [-0.05, 0) is 32.9 Å². The van der Waals surface area contributed by atoms with Crippen molar-refractivity contribution in [1.29, 1.82) is 0 Å². The van der Waals surface area contributed by atoms with E-state index in [9.17, 15) is 4.79 Å². The van der Waals surface area contributed by atoms with Gasteiger partial charge < -0.3 is 15.0 Å². The summed E-state index contributed by atoms with van der Waals surface area (Å²) < 4.78 is 7.47. The average Bonchev–Trinajstić information content (AvgIpc) is 3.16. The predicted molar refractivity (Wildman–Crippen MR) is 93.1 cm³/mol. The molecule has 0 spiro atoms. The highest BCUT2D eigenvalue weighted by Crippen LogP contribution is 2.26. The maximum Gasteiger partial charge on any atom is 0.250 e. The largest absolute Gasteiger partial charge is 0.388 e. The molecule has 8 heteroatoms. The number of amides is 1. The van der Waals surface area contributed by atoms with E-state index in [2.05, 4.69) is 20.4 Å². The molecule has 1 aliphatic heterocycles. The summed E-state index contributed by atoms with van der Waals surface area (Å²) >= 11 is 0. The second-order valence-corrected chi connectivity index (χ2v) is 6.68. The van der Waals surface area contributed by atoms with Crippen molar-refractivity contribution in [2.45, 2.75) is 32.4 Å². The van der Waals surface area contributed by atoms with Gasteiger partial charge in [-0.15, -0.1) is 0 Å². The Hall–Kier alpha value is -2.48. The van der Waals surface area contributed by atoms with Crippen molar-refractivity contribution in [3.63, 3.8) is 0 Å². The van der Waals surface area contributed by atoms with Crippen LogP contribution in [-0.4, -0.2) is 57.3 Å². The second-order valence-electron chi connectivity index (χ2n) is 6.68. The molecule has 25 heavy (non-hydrogen) atoms. The molecule has 134 valence electrons. The SMILES string of the molecule is CNc1cc(C)nc([C@@H]2CN(C(=O)C(C)(C)n3cncn3)CCO2)c1. The van der Waals surface area contributed by atoms with E-state index in [1.165, 1.54) is 6.33 Å². The molecule has 3 rings (SSSR count). The quantitative estimate of drug-likeness (QED) is 0.901. The Morgan fingerprint density at radius 2 is 2.20 bits per heavy atom. The fraction of sp³-hybridized carbons (Fsp3) is 0.529. The van der Waals surface area contributed by atoms with Crippen LogP contribution in [0.3, 0.4) is 0 Å². The maximum atomic E-state index is 13.0. The minimum Gasteiger partial charge on any atom is -0.388 e. The van der Waals surface area contributed by atoms with E-state index in [1.807, 2.05) is 44.9 Å². The molecular formula is C17H24N6O2. The van der Waals surface area contributed by atoms with Gasteiger partial charge in [0.25, 0.3) is 0 Å². The van der Waals surface area contributed by atoms with Crippen molar-refractivity contribution in [1.82, 2.24) is 24.6 Å². The molecule has 2 aromatic rings. The lowest BCUT2D eigenvalue weighted by Crippen LogP contribution is -2.51. The molecule has 1 N–H and O–H groups in total. The number of anilines is 1. The Kier molecular flexibility index (Phi) is 4.71. The Labute approximate surface area is 147 Å². The minimum absolute atomic E-state index is 0.00667. The van der Waals surface area contributed by atoms with Crippen LogP contribution in [0.4, 0.5) is 5.69 Å². The number of rotatable bonds is 4. The molecule has 1 atom stereocenters. The summed E-state index contributed by atoms with van der Waals surface area (Å²) in [5.74, 6) is -0.00667. The van der Waals surface area contributed by atoms with Gasteiger partial charge in [0.1, 0.15) is 24.3 Å². The van der Waals surface area contributed by atoms with Crippen molar-refractivity contribution >= 4 is 11.6 Å². The first-order chi connectivity index (χ1) is 11.9. The summed E-state index contributed by atoms with van der Waals surface area (Å²) in [6.07, 6.45) is 2.76. The average molecular weight is 344 g/mol. The summed E-state index contributed by atoms with van der Waals surface area (Å²) in [6.45, 7) is 7.14. The lowest BCUT2D eigenvalue weighted by atomic mass is 10.0. The fourth-order valence-corrected chi connectivity index (χ4v) is 3.00. The van der Waals surface area contributed by atoms with E-state index in [4.69, 9.17) is 4.74 Å². The molecule has 3 heterocycles. The molecule has 8 nitrogen and oxygen atoms in total. The van der Waals surface area contributed by atoms with Crippen LogP contribution in [0.2, 0.25) is 0 Å². The van der Waals surface area contributed by atoms with E-state index in [0.29, 0.717) is 19.7 Å². The molecule has 2 aromatic heterocycles. The zero-order chi connectivity index (χ0) is 18.0. The van der Waals surface area contributed by atoms with Crippen LogP contribution in [0.15, 0.2) is 24.8 Å². The number of hydrogen-bond acceptors (Lipinski definition) is 6. The highest BCUT2D eigenvalue weighted by molar-refractivity contribution is 5.83. The molecule has 0 radical (unpaired) electrons. The second kappa shape index (κ2) is 6.79. The lowest BCUT2D eigenvalue weighted by Gasteiger charge is -2.37. The Balaban J connectivity index is 1.79. The van der Waals surface area contributed by atoms with Gasteiger partial charge in [-0.3, -0.25) is 9.78 Å². The predicted octanol–water partition coefficient (Wildman–Crippen LogP) is 1.36. The third kappa shape index (κ3) is 3.48. The summed E-state index contributed by atoms with van der Waals surface area (Å²) in [7, 11) is 1.87. The normalized spacial score (nSPS) is 18.2. The van der Waals surface area contributed by atoms with Crippen molar-refractivity contribution in [2.75, 3.05) is 32.1 Å². The highest BCUT2D eigenvalue weighted by Gasteiger charge is 2.37. The van der Waals surface area contributed by atoms with Crippen LogP contribution >= 0.6 is 0 Å². The minimum atomic E-state index is -0.797. The summed E-state index contributed by atoms with van der Waals surface area (Å²) in [6, 6.07) is 3.94. The van der Waals surface area contributed by atoms with E-state index in [-0.39, 0.29) is 12.0 Å². The highest BCUT2D eigenvalue weighted by atomic mass is 16.5. The fourth-order valence-electron chi connectivity index (χ4n) is 3.00. The van der Waals surface area contributed by atoms with Crippen LogP contribution < -0.4 is 5.32 Å². The molecule has 0 aromatic carbocycles. The van der Waals surface area contributed by atoms with E-state index < -0.39 is 5.54 Å². The first kappa shape index (κ1) is 17.3. The van der Waals surface area contributed by atoms with Gasteiger partial charge in [0.2, 0.25) is 5.91 Å². The molecule has 0 bridgehead atoms. The Bertz CT molecular complexity index is 744. The third-order valence-corrected chi connectivity index (χ3v) is 4.46. The number of pyridine rings is 1. The van der Waals surface area contributed by atoms with Gasteiger partial charge in [0.15, 0.2) is 0 Å². The van der Waals surface area contributed by atoms with Gasteiger partial charge in [0, 0.05) is 25.0 Å². The van der Waals surface area contributed by atoms with Crippen LogP contribution in [0, 0.1) is 6.92 Å². The number of hydrogen-bond donors (Lipinski definition) is 1. The third-order valence-electron chi connectivity index (χ3n) is 4.46. The van der Waals surface area contributed by atoms with E-state index in [0.717, 1.165) is 17.1 Å². The maximum absolute atomic E-state index is 13.0. The summed E-state index contributed by atoms with van der Waals surface area (Å²) in [5, 5.41) is 7.25. The Morgan fingerprint density at radius 3 is 2.88 bits per heavy atom. The topological polar surface area (TPSA) is 85.2 Å². The smallest absolute Gasteiger partial charge is 0.250 e.